The predicted octanol–water partition coefficient (Wildman–Crippen LogP) is 1.70. The highest BCUT2D eigenvalue weighted by atomic mass is 32.1. The monoisotopic (exact) mass is 329 g/mol. The van der Waals surface area contributed by atoms with Gasteiger partial charge in [0.15, 0.2) is 0 Å². The summed E-state index contributed by atoms with van der Waals surface area (Å²) in [6.07, 6.45) is 3.06. The summed E-state index contributed by atoms with van der Waals surface area (Å²) in [5.74, 6) is 0.896. The molecular formula is C16H19N5OS. The Bertz CT molecular complexity index is 772. The average Bonchev–Trinajstić information content (AvgIpc) is 3.18. The van der Waals surface area contributed by atoms with Crippen molar-refractivity contribution in [2.24, 2.45) is 0 Å². The van der Waals surface area contributed by atoms with Crippen molar-refractivity contribution in [2.75, 3.05) is 31.1 Å². The Kier molecular flexibility index (Phi) is 3.99. The summed E-state index contributed by atoms with van der Waals surface area (Å²) in [6.45, 7) is 3.92. The van der Waals surface area contributed by atoms with E-state index in [0.29, 0.717) is 13.1 Å². The fraction of sp³-hybridized carbons (Fsp3) is 0.375. The molecule has 0 radical (unpaired) electrons. The van der Waals surface area contributed by atoms with Crippen molar-refractivity contribution in [3.8, 4) is 0 Å². The maximum Gasteiger partial charge on any atom is 0.142 e. The number of β-amino-alcohol motifs (C(OH)–C–C–N with tert-alkyl or cyclic N) is 1. The van der Waals surface area contributed by atoms with Gasteiger partial charge in [-0.2, -0.15) is 11.3 Å². The van der Waals surface area contributed by atoms with Crippen LogP contribution < -0.4 is 4.90 Å². The summed E-state index contributed by atoms with van der Waals surface area (Å²) >= 11 is 1.71. The van der Waals surface area contributed by atoms with Crippen LogP contribution >= 0.6 is 11.3 Å². The summed E-state index contributed by atoms with van der Waals surface area (Å²) in [6, 6.07) is 4.14. The smallest absolute Gasteiger partial charge is 0.142 e. The molecule has 2 N–H and O–H groups in total. The standard InChI is InChI=1S/C16H19N5OS/c22-13-8-20(7-12-2-6-23-10-12)4-5-21(9-13)16-14-1-3-17-15(14)18-11-19-16/h1-3,6,10-11,13,22H,4-5,7-9H2,(H,17,18,19)/t13-/m0/s1. The number of H-pyrrole nitrogens is 1. The molecule has 0 amide bonds. The molecule has 0 spiro atoms. The van der Waals surface area contributed by atoms with E-state index < -0.39 is 0 Å². The Morgan fingerprint density at radius 3 is 3.09 bits per heavy atom. The number of aliphatic hydroxyl groups is 1. The van der Waals surface area contributed by atoms with Crippen molar-refractivity contribution in [1.29, 1.82) is 0 Å². The molecule has 0 bridgehead atoms. The third kappa shape index (κ3) is 3.08. The molecule has 6 nitrogen and oxygen atoms in total. The molecule has 1 saturated heterocycles. The van der Waals surface area contributed by atoms with Crippen LogP contribution in [0.15, 0.2) is 35.4 Å². The average molecular weight is 329 g/mol. The number of rotatable bonds is 3. The van der Waals surface area contributed by atoms with Gasteiger partial charge in [-0.15, -0.1) is 0 Å². The number of nitrogens with one attached hydrogen (secondary N) is 1. The molecule has 3 aromatic heterocycles. The second-order valence-electron chi connectivity index (χ2n) is 5.90. The highest BCUT2D eigenvalue weighted by molar-refractivity contribution is 7.07. The van der Waals surface area contributed by atoms with Gasteiger partial charge >= 0.3 is 0 Å². The van der Waals surface area contributed by atoms with Crippen LogP contribution in [-0.4, -0.2) is 57.2 Å². The Labute approximate surface area is 138 Å². The molecule has 1 aliphatic rings. The summed E-state index contributed by atoms with van der Waals surface area (Å²) in [4.78, 5) is 16.3. The summed E-state index contributed by atoms with van der Waals surface area (Å²) in [7, 11) is 0. The molecule has 0 aromatic carbocycles. The number of hydrogen-bond acceptors (Lipinski definition) is 6. The third-order valence-corrected chi connectivity index (χ3v) is 4.94. The Morgan fingerprint density at radius 1 is 1.26 bits per heavy atom. The number of aliphatic hydroxyl groups excluding tert-OH is 1. The number of nitrogens with zero attached hydrogens (tertiary/aromatic N) is 4. The molecule has 0 aliphatic carbocycles. The maximum absolute atomic E-state index is 10.4. The zero-order valence-electron chi connectivity index (χ0n) is 12.7. The van der Waals surface area contributed by atoms with Crippen LogP contribution in [0.4, 0.5) is 5.82 Å². The van der Waals surface area contributed by atoms with Gasteiger partial charge < -0.3 is 15.0 Å². The van der Waals surface area contributed by atoms with Crippen LogP contribution in [0, 0.1) is 0 Å². The second kappa shape index (κ2) is 6.27. The van der Waals surface area contributed by atoms with Crippen LogP contribution in [0.25, 0.3) is 11.0 Å². The summed E-state index contributed by atoms with van der Waals surface area (Å²) < 4.78 is 0. The highest BCUT2D eigenvalue weighted by Gasteiger charge is 2.23. The van der Waals surface area contributed by atoms with Gasteiger partial charge in [0.1, 0.15) is 17.8 Å². The normalized spacial score (nSPS) is 20.0. The Balaban J connectivity index is 1.54. The zero-order chi connectivity index (χ0) is 15.6. The lowest BCUT2D eigenvalue weighted by Crippen LogP contribution is -2.33. The largest absolute Gasteiger partial charge is 0.390 e. The van der Waals surface area contributed by atoms with Crippen molar-refractivity contribution >= 4 is 28.2 Å². The quantitative estimate of drug-likeness (QED) is 0.765. The van der Waals surface area contributed by atoms with E-state index in [9.17, 15) is 5.11 Å². The number of fused-ring (bicyclic) bond motifs is 1. The van der Waals surface area contributed by atoms with Gasteiger partial charge in [-0.1, -0.05) is 0 Å². The Morgan fingerprint density at radius 2 is 2.22 bits per heavy atom. The first-order chi connectivity index (χ1) is 11.3. The van der Waals surface area contributed by atoms with Crippen molar-refractivity contribution in [3.63, 3.8) is 0 Å². The van der Waals surface area contributed by atoms with Crippen molar-refractivity contribution in [3.05, 3.63) is 41.0 Å². The molecule has 23 heavy (non-hydrogen) atoms. The van der Waals surface area contributed by atoms with Crippen LogP contribution in [0.3, 0.4) is 0 Å². The third-order valence-electron chi connectivity index (χ3n) is 4.20. The van der Waals surface area contributed by atoms with E-state index >= 15 is 0 Å². The van der Waals surface area contributed by atoms with Crippen molar-refractivity contribution < 1.29 is 5.11 Å². The number of aromatic amines is 1. The number of anilines is 1. The minimum atomic E-state index is -0.389. The summed E-state index contributed by atoms with van der Waals surface area (Å²) in [5, 5.41) is 15.7. The van der Waals surface area contributed by atoms with E-state index in [1.807, 2.05) is 12.3 Å². The molecule has 4 rings (SSSR count). The second-order valence-corrected chi connectivity index (χ2v) is 6.68. The van der Waals surface area contributed by atoms with Crippen LogP contribution in [0.5, 0.6) is 0 Å². The van der Waals surface area contributed by atoms with Crippen LogP contribution in [0.1, 0.15) is 5.56 Å². The SMILES string of the molecule is O[C@H]1CN(Cc2ccsc2)CCN(c2ncnc3[nH]ccc23)C1. The van der Waals surface area contributed by atoms with E-state index in [1.165, 1.54) is 5.56 Å². The van der Waals surface area contributed by atoms with Gasteiger partial charge in [0.2, 0.25) is 0 Å². The first-order valence-corrected chi connectivity index (χ1v) is 8.68. The lowest BCUT2D eigenvalue weighted by atomic mass is 10.2. The topological polar surface area (TPSA) is 68.3 Å². The zero-order valence-corrected chi connectivity index (χ0v) is 13.5. The minimum absolute atomic E-state index is 0.389. The summed E-state index contributed by atoms with van der Waals surface area (Å²) in [5.41, 5.74) is 2.15. The molecule has 4 heterocycles. The van der Waals surface area contributed by atoms with Gasteiger partial charge in [0.25, 0.3) is 0 Å². The van der Waals surface area contributed by atoms with E-state index in [-0.39, 0.29) is 6.10 Å². The van der Waals surface area contributed by atoms with E-state index in [1.54, 1.807) is 17.7 Å². The van der Waals surface area contributed by atoms with Gasteiger partial charge in [0.05, 0.1) is 11.5 Å². The van der Waals surface area contributed by atoms with Gasteiger partial charge in [0, 0.05) is 38.9 Å². The molecule has 0 saturated carbocycles. The first kappa shape index (κ1) is 14.6. The van der Waals surface area contributed by atoms with Crippen molar-refractivity contribution in [2.45, 2.75) is 12.6 Å². The van der Waals surface area contributed by atoms with Crippen molar-refractivity contribution in [1.82, 2.24) is 19.9 Å². The lowest BCUT2D eigenvalue weighted by molar-refractivity contribution is 0.129. The molecule has 3 aromatic rings. The number of thiophene rings is 1. The highest BCUT2D eigenvalue weighted by Crippen LogP contribution is 2.23. The molecule has 7 heteroatoms. The van der Waals surface area contributed by atoms with Crippen LogP contribution in [0.2, 0.25) is 0 Å². The number of hydrogen-bond donors (Lipinski definition) is 2. The van der Waals surface area contributed by atoms with Gasteiger partial charge in [-0.05, 0) is 28.5 Å². The fourth-order valence-corrected chi connectivity index (χ4v) is 3.80. The molecule has 0 unspecified atom stereocenters. The number of aromatic nitrogens is 3. The predicted molar refractivity (Wildman–Crippen MR) is 91.7 cm³/mol. The molecule has 120 valence electrons. The maximum atomic E-state index is 10.4. The lowest BCUT2D eigenvalue weighted by Gasteiger charge is -2.23. The first-order valence-electron chi connectivity index (χ1n) is 7.74. The van der Waals surface area contributed by atoms with E-state index in [2.05, 4.69) is 41.6 Å². The fourth-order valence-electron chi connectivity index (χ4n) is 3.14. The molecular weight excluding hydrogens is 310 g/mol. The van der Waals surface area contributed by atoms with E-state index in [0.717, 1.165) is 36.5 Å². The van der Waals surface area contributed by atoms with Crippen LogP contribution in [-0.2, 0) is 6.54 Å². The molecule has 1 atom stereocenters. The van der Waals surface area contributed by atoms with E-state index in [4.69, 9.17) is 0 Å². The molecule has 1 fully saturated rings. The minimum Gasteiger partial charge on any atom is -0.390 e. The molecule has 1 aliphatic heterocycles. The van der Waals surface area contributed by atoms with Gasteiger partial charge in [-0.25, -0.2) is 9.97 Å². The van der Waals surface area contributed by atoms with Gasteiger partial charge in [-0.3, -0.25) is 4.90 Å². The Hall–Kier alpha value is -1.96.